The number of amidine groups is 1. The van der Waals surface area contributed by atoms with Gasteiger partial charge < -0.3 is 16.0 Å². The molecule has 0 saturated carbocycles. The van der Waals surface area contributed by atoms with Gasteiger partial charge in [-0.15, -0.1) is 0 Å². The zero-order valence-corrected chi connectivity index (χ0v) is 11.4. The van der Waals surface area contributed by atoms with Crippen molar-refractivity contribution in [2.75, 3.05) is 19.7 Å². The van der Waals surface area contributed by atoms with Crippen LogP contribution in [0.4, 0.5) is 0 Å². The molecule has 0 fully saturated rings. The highest BCUT2D eigenvalue weighted by atomic mass is 16.4. The summed E-state index contributed by atoms with van der Waals surface area (Å²) in [4.78, 5) is 2.17. The Morgan fingerprint density at radius 1 is 1.32 bits per heavy atom. The summed E-state index contributed by atoms with van der Waals surface area (Å²) in [6, 6.07) is 7.59. The summed E-state index contributed by atoms with van der Waals surface area (Å²) in [5.41, 5.74) is 7.42. The summed E-state index contributed by atoms with van der Waals surface area (Å²) in [5.74, 6) is 0.120. The van der Waals surface area contributed by atoms with Gasteiger partial charge in [0.05, 0.1) is 6.61 Å². The molecule has 106 valence electrons. The molecule has 0 aliphatic rings. The quantitative estimate of drug-likeness (QED) is 0.287. The third-order valence-corrected chi connectivity index (χ3v) is 3.04. The Morgan fingerprint density at radius 3 is 2.68 bits per heavy atom. The number of unbranched alkanes of at least 4 members (excludes halogenated alkanes) is 1. The van der Waals surface area contributed by atoms with E-state index < -0.39 is 0 Å². The van der Waals surface area contributed by atoms with Crippen molar-refractivity contribution >= 4 is 5.84 Å². The van der Waals surface area contributed by atoms with Crippen molar-refractivity contribution in [1.82, 2.24) is 4.90 Å². The summed E-state index contributed by atoms with van der Waals surface area (Å²) in [7, 11) is 0. The fraction of sp³-hybridized carbons (Fsp3) is 0.500. The van der Waals surface area contributed by atoms with E-state index in [2.05, 4.69) is 17.0 Å². The van der Waals surface area contributed by atoms with Gasteiger partial charge in [-0.1, -0.05) is 42.8 Å². The average molecular weight is 265 g/mol. The van der Waals surface area contributed by atoms with Crippen molar-refractivity contribution < 1.29 is 10.3 Å². The maximum absolute atomic E-state index is 9.11. The fourth-order valence-corrected chi connectivity index (χ4v) is 2.00. The summed E-state index contributed by atoms with van der Waals surface area (Å²) in [6.45, 7) is 4.52. The Kier molecular flexibility index (Phi) is 6.92. The number of hydrogen-bond donors (Lipinski definition) is 3. The third-order valence-electron chi connectivity index (χ3n) is 3.04. The Balaban J connectivity index is 2.83. The minimum atomic E-state index is 0.120. The van der Waals surface area contributed by atoms with Gasteiger partial charge in [-0.25, -0.2) is 0 Å². The lowest BCUT2D eigenvalue weighted by Crippen LogP contribution is -2.29. The van der Waals surface area contributed by atoms with Crippen molar-refractivity contribution in [2.45, 2.75) is 26.3 Å². The normalized spacial score (nSPS) is 12.1. The second-order valence-corrected chi connectivity index (χ2v) is 4.50. The van der Waals surface area contributed by atoms with Crippen LogP contribution in [0.5, 0.6) is 0 Å². The van der Waals surface area contributed by atoms with Crippen LogP contribution < -0.4 is 5.73 Å². The van der Waals surface area contributed by atoms with E-state index in [-0.39, 0.29) is 12.4 Å². The monoisotopic (exact) mass is 265 g/mol. The Bertz CT molecular complexity index is 407. The lowest BCUT2D eigenvalue weighted by Gasteiger charge is -2.22. The van der Waals surface area contributed by atoms with Crippen LogP contribution in [-0.4, -0.2) is 40.7 Å². The third kappa shape index (κ3) is 4.89. The molecule has 5 heteroatoms. The molecule has 19 heavy (non-hydrogen) atoms. The highest BCUT2D eigenvalue weighted by Crippen LogP contribution is 2.12. The van der Waals surface area contributed by atoms with Gasteiger partial charge in [0.25, 0.3) is 0 Å². The average Bonchev–Trinajstić information content (AvgIpc) is 2.44. The molecule has 0 unspecified atom stereocenters. The number of rotatable bonds is 8. The van der Waals surface area contributed by atoms with Gasteiger partial charge in [-0.2, -0.15) is 0 Å². The zero-order chi connectivity index (χ0) is 14.1. The maximum atomic E-state index is 9.11. The number of hydrogen-bond acceptors (Lipinski definition) is 4. The van der Waals surface area contributed by atoms with Crippen molar-refractivity contribution in [1.29, 1.82) is 0 Å². The molecule has 1 rings (SSSR count). The van der Waals surface area contributed by atoms with E-state index in [9.17, 15) is 0 Å². The molecule has 0 aliphatic heterocycles. The molecule has 0 amide bonds. The SMILES string of the molecule is CCCCN(CCO)Cc1ccccc1/C(N)=N/O. The first-order valence-corrected chi connectivity index (χ1v) is 6.62. The molecular formula is C14H23N3O2. The van der Waals surface area contributed by atoms with Crippen molar-refractivity contribution in [3.05, 3.63) is 35.4 Å². The summed E-state index contributed by atoms with van der Waals surface area (Å²) >= 11 is 0. The highest BCUT2D eigenvalue weighted by Gasteiger charge is 2.10. The van der Waals surface area contributed by atoms with Gasteiger partial charge in [0.1, 0.15) is 0 Å². The Labute approximate surface area is 114 Å². The van der Waals surface area contributed by atoms with Gasteiger partial charge in [0, 0.05) is 18.7 Å². The van der Waals surface area contributed by atoms with Crippen LogP contribution in [0.25, 0.3) is 0 Å². The molecule has 0 aromatic heterocycles. The molecule has 0 bridgehead atoms. The number of nitrogens with zero attached hydrogens (tertiary/aromatic N) is 2. The van der Waals surface area contributed by atoms with Crippen molar-refractivity contribution in [2.24, 2.45) is 10.9 Å². The van der Waals surface area contributed by atoms with Crippen molar-refractivity contribution in [3.8, 4) is 0 Å². The topological polar surface area (TPSA) is 82.1 Å². The molecule has 0 radical (unpaired) electrons. The molecule has 4 N–H and O–H groups in total. The van der Waals surface area contributed by atoms with Crippen LogP contribution in [-0.2, 0) is 6.54 Å². The van der Waals surface area contributed by atoms with Crippen LogP contribution in [0.1, 0.15) is 30.9 Å². The predicted octanol–water partition coefficient (Wildman–Crippen LogP) is 1.38. The molecule has 5 nitrogen and oxygen atoms in total. The molecule has 0 heterocycles. The number of aliphatic hydroxyl groups excluding tert-OH is 1. The van der Waals surface area contributed by atoms with Crippen LogP contribution >= 0.6 is 0 Å². The van der Waals surface area contributed by atoms with Gasteiger partial charge in [0.2, 0.25) is 0 Å². The highest BCUT2D eigenvalue weighted by molar-refractivity contribution is 5.98. The minimum absolute atomic E-state index is 0.120. The molecule has 0 saturated heterocycles. The van der Waals surface area contributed by atoms with Crippen LogP contribution in [0.3, 0.4) is 0 Å². The molecule has 0 spiro atoms. The number of aliphatic hydroxyl groups is 1. The number of benzene rings is 1. The first-order valence-electron chi connectivity index (χ1n) is 6.62. The van der Waals surface area contributed by atoms with Crippen molar-refractivity contribution in [3.63, 3.8) is 0 Å². The first-order chi connectivity index (χ1) is 9.22. The second kappa shape index (κ2) is 8.50. The lowest BCUT2D eigenvalue weighted by atomic mass is 10.1. The molecule has 1 aromatic rings. The van der Waals surface area contributed by atoms with Gasteiger partial charge >= 0.3 is 0 Å². The van der Waals surface area contributed by atoms with Gasteiger partial charge in [0.15, 0.2) is 5.84 Å². The van der Waals surface area contributed by atoms with E-state index in [1.165, 1.54) is 0 Å². The van der Waals surface area contributed by atoms with Crippen LogP contribution in [0, 0.1) is 0 Å². The summed E-state index contributed by atoms with van der Waals surface area (Å²) in [5, 5.41) is 21.0. The van der Waals surface area contributed by atoms with E-state index in [1.54, 1.807) is 0 Å². The Morgan fingerprint density at radius 2 is 2.05 bits per heavy atom. The van der Waals surface area contributed by atoms with E-state index in [1.807, 2.05) is 24.3 Å². The number of oxime groups is 1. The summed E-state index contributed by atoms with van der Waals surface area (Å²) in [6.07, 6.45) is 2.20. The molecular weight excluding hydrogens is 242 g/mol. The minimum Gasteiger partial charge on any atom is -0.409 e. The predicted molar refractivity (Wildman–Crippen MR) is 76.2 cm³/mol. The Hall–Kier alpha value is -1.59. The largest absolute Gasteiger partial charge is 0.409 e. The van der Waals surface area contributed by atoms with Crippen LogP contribution in [0.2, 0.25) is 0 Å². The van der Waals surface area contributed by atoms with Crippen LogP contribution in [0.15, 0.2) is 29.4 Å². The smallest absolute Gasteiger partial charge is 0.170 e. The van der Waals surface area contributed by atoms with Gasteiger partial charge in [-0.05, 0) is 18.5 Å². The molecule has 0 aliphatic carbocycles. The zero-order valence-electron chi connectivity index (χ0n) is 11.4. The lowest BCUT2D eigenvalue weighted by molar-refractivity contribution is 0.188. The second-order valence-electron chi connectivity index (χ2n) is 4.50. The fourth-order valence-electron chi connectivity index (χ4n) is 2.00. The van der Waals surface area contributed by atoms with E-state index in [0.29, 0.717) is 13.1 Å². The first kappa shape index (κ1) is 15.5. The standard InChI is InChI=1S/C14H23N3O2/c1-2-3-8-17(9-10-18)11-12-6-4-5-7-13(12)14(15)16-19/h4-7,18-19H,2-3,8-11H2,1H3,(H2,15,16). The molecule has 0 atom stereocenters. The summed E-state index contributed by atoms with van der Waals surface area (Å²) < 4.78 is 0. The number of nitrogens with two attached hydrogens (primary N) is 1. The van der Waals surface area contributed by atoms with E-state index >= 15 is 0 Å². The molecule has 1 aromatic carbocycles. The maximum Gasteiger partial charge on any atom is 0.170 e. The van der Waals surface area contributed by atoms with Gasteiger partial charge in [-0.3, -0.25) is 4.90 Å². The van der Waals surface area contributed by atoms with E-state index in [0.717, 1.165) is 30.5 Å². The van der Waals surface area contributed by atoms with E-state index in [4.69, 9.17) is 16.0 Å².